The third-order valence-electron chi connectivity index (χ3n) is 5.26. The van der Waals surface area contributed by atoms with E-state index >= 15 is 0 Å². The smallest absolute Gasteiger partial charge is 0.236 e. The Bertz CT molecular complexity index is 994. The number of hydrogen-bond donors (Lipinski definition) is 2. The van der Waals surface area contributed by atoms with E-state index in [2.05, 4.69) is 26.7 Å². The van der Waals surface area contributed by atoms with Crippen molar-refractivity contribution in [1.82, 2.24) is 15.6 Å². The van der Waals surface area contributed by atoms with E-state index in [9.17, 15) is 0 Å². The van der Waals surface area contributed by atoms with Crippen molar-refractivity contribution >= 4 is 17.3 Å². The summed E-state index contributed by atoms with van der Waals surface area (Å²) in [6.45, 7) is 1.08. The normalized spacial score (nSPS) is 14.6. The fourth-order valence-corrected chi connectivity index (χ4v) is 4.30. The van der Waals surface area contributed by atoms with Crippen LogP contribution in [0.4, 0.5) is 0 Å². The fourth-order valence-electron chi connectivity index (χ4n) is 3.64. The van der Waals surface area contributed by atoms with Crippen LogP contribution in [-0.2, 0) is 13.1 Å². The lowest BCUT2D eigenvalue weighted by Gasteiger charge is -2.20. The molecule has 3 aromatic rings. The van der Waals surface area contributed by atoms with Crippen molar-refractivity contribution in [3.05, 3.63) is 53.2 Å². The SMILES string of the molecule is CN=C(NCc1coc(-c2cccs2)n1)NCc1cccc(OC)c1OC1CCCC1. The van der Waals surface area contributed by atoms with Crippen LogP contribution < -0.4 is 20.1 Å². The molecule has 2 heterocycles. The Labute approximate surface area is 186 Å². The van der Waals surface area contributed by atoms with Crippen molar-refractivity contribution in [2.24, 2.45) is 4.99 Å². The molecule has 164 valence electrons. The predicted molar refractivity (Wildman–Crippen MR) is 123 cm³/mol. The van der Waals surface area contributed by atoms with E-state index in [0.717, 1.165) is 40.5 Å². The van der Waals surface area contributed by atoms with E-state index in [1.807, 2.05) is 29.6 Å². The number of nitrogens with one attached hydrogen (secondary N) is 2. The van der Waals surface area contributed by atoms with Crippen molar-refractivity contribution in [3.63, 3.8) is 0 Å². The molecule has 0 atom stereocenters. The molecule has 0 unspecified atom stereocenters. The number of methoxy groups -OCH3 is 1. The van der Waals surface area contributed by atoms with Crippen LogP contribution in [0.25, 0.3) is 10.8 Å². The van der Waals surface area contributed by atoms with Gasteiger partial charge in [-0.25, -0.2) is 4.98 Å². The van der Waals surface area contributed by atoms with Crippen molar-refractivity contribution in [1.29, 1.82) is 0 Å². The molecule has 1 saturated carbocycles. The summed E-state index contributed by atoms with van der Waals surface area (Å²) in [5.41, 5.74) is 1.86. The molecule has 1 aromatic carbocycles. The highest BCUT2D eigenvalue weighted by Crippen LogP contribution is 2.34. The minimum Gasteiger partial charge on any atom is -0.493 e. The number of nitrogens with zero attached hydrogens (tertiary/aromatic N) is 2. The number of benzene rings is 1. The van der Waals surface area contributed by atoms with E-state index in [-0.39, 0.29) is 6.10 Å². The average molecular weight is 441 g/mol. The van der Waals surface area contributed by atoms with Crippen LogP contribution in [0.15, 0.2) is 51.4 Å². The molecule has 0 aliphatic heterocycles. The van der Waals surface area contributed by atoms with Crippen molar-refractivity contribution in [3.8, 4) is 22.3 Å². The standard InChI is InChI=1S/C23H28N4O3S/c1-24-23(26-14-17-15-29-22(27-17)20-11-6-12-31-20)25-13-16-7-5-10-19(28-2)21(16)30-18-8-3-4-9-18/h5-7,10-12,15,18H,3-4,8-9,13-14H2,1-2H3,(H2,24,25,26). The molecule has 4 rings (SSSR count). The number of aliphatic imine (C=N–C) groups is 1. The molecule has 0 radical (unpaired) electrons. The zero-order valence-corrected chi connectivity index (χ0v) is 18.7. The van der Waals surface area contributed by atoms with Crippen LogP contribution >= 0.6 is 11.3 Å². The Morgan fingerprint density at radius 1 is 1.19 bits per heavy atom. The van der Waals surface area contributed by atoms with Gasteiger partial charge in [0.1, 0.15) is 6.26 Å². The molecule has 2 aromatic heterocycles. The summed E-state index contributed by atoms with van der Waals surface area (Å²) in [6.07, 6.45) is 6.57. The largest absolute Gasteiger partial charge is 0.493 e. The molecule has 1 aliphatic rings. The Morgan fingerprint density at radius 3 is 2.77 bits per heavy atom. The molecule has 1 fully saturated rings. The lowest BCUT2D eigenvalue weighted by molar-refractivity contribution is 0.198. The second-order valence-corrected chi connectivity index (χ2v) is 8.32. The summed E-state index contributed by atoms with van der Waals surface area (Å²) in [5.74, 6) is 2.89. The first-order valence-corrected chi connectivity index (χ1v) is 11.4. The molecule has 7 nitrogen and oxygen atoms in total. The Morgan fingerprint density at radius 2 is 2.03 bits per heavy atom. The number of thiophene rings is 1. The molecule has 1 aliphatic carbocycles. The summed E-state index contributed by atoms with van der Waals surface area (Å²) < 4.78 is 17.4. The Kier molecular flexibility index (Phi) is 7.09. The first-order valence-electron chi connectivity index (χ1n) is 10.5. The van der Waals surface area contributed by atoms with E-state index in [4.69, 9.17) is 13.9 Å². The van der Waals surface area contributed by atoms with Gasteiger partial charge >= 0.3 is 0 Å². The molecule has 8 heteroatoms. The molecule has 0 bridgehead atoms. The van der Waals surface area contributed by atoms with Gasteiger partial charge in [-0.2, -0.15) is 0 Å². The maximum Gasteiger partial charge on any atom is 0.236 e. The minimum atomic E-state index is 0.261. The van der Waals surface area contributed by atoms with Crippen LogP contribution in [0, 0.1) is 0 Å². The Hall–Kier alpha value is -3.00. The third kappa shape index (κ3) is 5.38. The minimum absolute atomic E-state index is 0.261. The molecule has 2 N–H and O–H groups in total. The molecule has 0 spiro atoms. The van der Waals surface area contributed by atoms with Gasteiger partial charge in [-0.1, -0.05) is 18.2 Å². The van der Waals surface area contributed by atoms with E-state index in [1.165, 1.54) is 12.8 Å². The summed E-state index contributed by atoms with van der Waals surface area (Å²) in [6, 6.07) is 9.95. The average Bonchev–Trinajstić information content (AvgIpc) is 3.57. The number of rotatable bonds is 8. The number of oxazole rings is 1. The van der Waals surface area contributed by atoms with Crippen LogP contribution in [0.2, 0.25) is 0 Å². The predicted octanol–water partition coefficient (Wildman–Crippen LogP) is 4.60. The Balaban J connectivity index is 1.36. The number of hydrogen-bond acceptors (Lipinski definition) is 6. The number of para-hydroxylation sites is 1. The first-order chi connectivity index (χ1) is 15.3. The lowest BCUT2D eigenvalue weighted by Crippen LogP contribution is -2.36. The number of guanidine groups is 1. The summed E-state index contributed by atoms with van der Waals surface area (Å²) in [4.78, 5) is 9.87. The number of aromatic nitrogens is 1. The van der Waals surface area contributed by atoms with E-state index < -0.39 is 0 Å². The van der Waals surface area contributed by atoms with Gasteiger partial charge in [-0.05, 0) is 43.2 Å². The monoisotopic (exact) mass is 440 g/mol. The summed E-state index contributed by atoms with van der Waals surface area (Å²) in [5, 5.41) is 8.64. The first kappa shape index (κ1) is 21.2. The molecular formula is C23H28N4O3S. The highest BCUT2D eigenvalue weighted by atomic mass is 32.1. The summed E-state index contributed by atoms with van der Waals surface area (Å²) in [7, 11) is 3.42. The van der Waals surface area contributed by atoms with Gasteiger partial charge in [0, 0.05) is 19.2 Å². The number of ether oxygens (including phenoxy) is 2. The molecular weight excluding hydrogens is 412 g/mol. The fraction of sp³-hybridized carbons (Fsp3) is 0.391. The van der Waals surface area contributed by atoms with Gasteiger partial charge in [0.25, 0.3) is 0 Å². The van der Waals surface area contributed by atoms with E-state index in [0.29, 0.717) is 24.9 Å². The third-order valence-corrected chi connectivity index (χ3v) is 6.12. The maximum atomic E-state index is 6.32. The zero-order valence-electron chi connectivity index (χ0n) is 17.9. The lowest BCUT2D eigenvalue weighted by atomic mass is 10.1. The van der Waals surface area contributed by atoms with Gasteiger partial charge in [0.15, 0.2) is 17.5 Å². The molecule has 31 heavy (non-hydrogen) atoms. The molecule has 0 amide bonds. The van der Waals surface area contributed by atoms with Crippen molar-refractivity contribution in [2.45, 2.75) is 44.9 Å². The van der Waals surface area contributed by atoms with Crippen LogP contribution in [-0.4, -0.2) is 31.2 Å². The second-order valence-electron chi connectivity index (χ2n) is 7.37. The van der Waals surface area contributed by atoms with Crippen LogP contribution in [0.3, 0.4) is 0 Å². The van der Waals surface area contributed by atoms with Gasteiger partial charge < -0.3 is 24.5 Å². The highest BCUT2D eigenvalue weighted by Gasteiger charge is 2.20. The topological polar surface area (TPSA) is 80.9 Å². The van der Waals surface area contributed by atoms with Gasteiger partial charge in [0.05, 0.1) is 30.3 Å². The quantitative estimate of drug-likeness (QED) is 0.394. The molecule has 0 saturated heterocycles. The van der Waals surface area contributed by atoms with Gasteiger partial charge in [0.2, 0.25) is 5.89 Å². The van der Waals surface area contributed by atoms with Crippen LogP contribution in [0.1, 0.15) is 36.9 Å². The van der Waals surface area contributed by atoms with Crippen molar-refractivity contribution in [2.75, 3.05) is 14.2 Å². The van der Waals surface area contributed by atoms with Crippen LogP contribution in [0.5, 0.6) is 11.5 Å². The van der Waals surface area contributed by atoms with Gasteiger partial charge in [-0.3, -0.25) is 4.99 Å². The van der Waals surface area contributed by atoms with Crippen molar-refractivity contribution < 1.29 is 13.9 Å². The second kappa shape index (κ2) is 10.3. The van der Waals surface area contributed by atoms with E-state index in [1.54, 1.807) is 31.8 Å². The maximum absolute atomic E-state index is 6.32. The highest BCUT2D eigenvalue weighted by molar-refractivity contribution is 7.13. The summed E-state index contributed by atoms with van der Waals surface area (Å²) >= 11 is 1.60. The van der Waals surface area contributed by atoms with Gasteiger partial charge in [-0.15, -0.1) is 11.3 Å². The zero-order chi connectivity index (χ0) is 21.5.